The number of benzene rings is 1. The Hall–Kier alpha value is -1.56. The van der Waals surface area contributed by atoms with Gasteiger partial charge in [-0.3, -0.25) is 4.79 Å². The van der Waals surface area contributed by atoms with Gasteiger partial charge in [-0.25, -0.2) is 0 Å². The molecule has 1 aromatic rings. The Morgan fingerprint density at radius 3 is 2.68 bits per heavy atom. The summed E-state index contributed by atoms with van der Waals surface area (Å²) in [5, 5.41) is 0. The molecule has 1 unspecified atom stereocenters. The van der Waals surface area contributed by atoms with E-state index >= 15 is 0 Å². The van der Waals surface area contributed by atoms with Crippen molar-refractivity contribution in [1.82, 2.24) is 4.90 Å². The summed E-state index contributed by atoms with van der Waals surface area (Å²) in [4.78, 5) is 13.7. The minimum atomic E-state index is -4.52. The summed E-state index contributed by atoms with van der Waals surface area (Å²) in [5.41, 5.74) is 4.37. The third kappa shape index (κ3) is 2.73. The largest absolute Gasteiger partial charge is 0.417 e. The molecule has 1 aliphatic rings. The lowest BCUT2D eigenvalue weighted by molar-refractivity contribution is -0.138. The monoisotopic (exact) mass is 272 g/mol. The van der Waals surface area contributed by atoms with Gasteiger partial charge in [-0.2, -0.15) is 13.2 Å². The average Bonchev–Trinajstić information content (AvgIpc) is 2.85. The molecule has 1 atom stereocenters. The zero-order valence-electron chi connectivity index (χ0n) is 10.3. The molecule has 2 rings (SSSR count). The molecule has 1 saturated heterocycles. The second-order valence-corrected chi connectivity index (χ2v) is 4.57. The molecule has 0 aliphatic carbocycles. The Kier molecular flexibility index (Phi) is 3.80. The Balaban J connectivity index is 2.34. The highest BCUT2D eigenvalue weighted by Gasteiger charge is 2.37. The number of rotatable bonds is 2. The van der Waals surface area contributed by atoms with E-state index in [2.05, 4.69) is 0 Å². The summed E-state index contributed by atoms with van der Waals surface area (Å²) < 4.78 is 38.6. The molecule has 0 aromatic heterocycles. The quantitative estimate of drug-likeness (QED) is 0.897. The molecule has 104 valence electrons. The van der Waals surface area contributed by atoms with Crippen LogP contribution in [0.25, 0.3) is 0 Å². The Morgan fingerprint density at radius 2 is 2.05 bits per heavy atom. The molecule has 0 spiro atoms. The number of nitrogens with zero attached hydrogens (tertiary/aromatic N) is 1. The first-order valence-electron chi connectivity index (χ1n) is 6.12. The molecule has 1 fully saturated rings. The topological polar surface area (TPSA) is 46.3 Å². The minimum absolute atomic E-state index is 0.159. The van der Waals surface area contributed by atoms with Crippen LogP contribution in [0.2, 0.25) is 0 Å². The smallest absolute Gasteiger partial charge is 0.334 e. The van der Waals surface area contributed by atoms with E-state index in [4.69, 9.17) is 5.73 Å². The van der Waals surface area contributed by atoms with Gasteiger partial charge in [-0.1, -0.05) is 12.1 Å². The van der Waals surface area contributed by atoms with Crippen molar-refractivity contribution in [1.29, 1.82) is 0 Å². The standard InChI is InChI=1S/C13H15F3N2O/c14-13(15,16)11-6-2-1-5-10(11)12(19)18-7-3-4-9(18)8-17/h1-2,5-6,9H,3-4,7-8,17H2. The predicted octanol–water partition coefficient (Wildman–Crippen LogP) is 2.27. The molecule has 1 heterocycles. The van der Waals surface area contributed by atoms with E-state index in [9.17, 15) is 18.0 Å². The maximum atomic E-state index is 12.9. The summed E-state index contributed by atoms with van der Waals surface area (Å²) in [6, 6.07) is 4.71. The molecule has 0 saturated carbocycles. The number of amides is 1. The fourth-order valence-electron chi connectivity index (χ4n) is 2.42. The van der Waals surface area contributed by atoms with E-state index < -0.39 is 17.6 Å². The first-order valence-corrected chi connectivity index (χ1v) is 6.12. The highest BCUT2D eigenvalue weighted by molar-refractivity contribution is 5.96. The van der Waals surface area contributed by atoms with Gasteiger partial charge in [0, 0.05) is 19.1 Å². The zero-order chi connectivity index (χ0) is 14.0. The van der Waals surface area contributed by atoms with Crippen LogP contribution in [0.15, 0.2) is 24.3 Å². The van der Waals surface area contributed by atoms with Gasteiger partial charge in [-0.15, -0.1) is 0 Å². The van der Waals surface area contributed by atoms with Crippen LogP contribution in [-0.4, -0.2) is 29.9 Å². The highest BCUT2D eigenvalue weighted by atomic mass is 19.4. The van der Waals surface area contributed by atoms with Gasteiger partial charge in [0.15, 0.2) is 0 Å². The van der Waals surface area contributed by atoms with Crippen LogP contribution in [0, 0.1) is 0 Å². The second-order valence-electron chi connectivity index (χ2n) is 4.57. The zero-order valence-corrected chi connectivity index (χ0v) is 10.3. The number of hydrogen-bond acceptors (Lipinski definition) is 2. The van der Waals surface area contributed by atoms with Crippen LogP contribution in [0.5, 0.6) is 0 Å². The lowest BCUT2D eigenvalue weighted by Crippen LogP contribution is -2.40. The van der Waals surface area contributed by atoms with E-state index in [0.717, 1.165) is 18.9 Å². The van der Waals surface area contributed by atoms with E-state index in [0.29, 0.717) is 6.54 Å². The molecule has 0 bridgehead atoms. The molecule has 6 heteroatoms. The molecule has 19 heavy (non-hydrogen) atoms. The van der Waals surface area contributed by atoms with Gasteiger partial charge in [0.1, 0.15) is 0 Å². The van der Waals surface area contributed by atoms with Gasteiger partial charge in [0.25, 0.3) is 5.91 Å². The summed E-state index contributed by atoms with van der Waals surface area (Å²) in [6.07, 6.45) is -3.00. The van der Waals surface area contributed by atoms with Crippen LogP contribution in [0.4, 0.5) is 13.2 Å². The summed E-state index contributed by atoms with van der Waals surface area (Å²) >= 11 is 0. The normalized spacial score (nSPS) is 19.8. The van der Waals surface area contributed by atoms with Gasteiger partial charge < -0.3 is 10.6 Å². The molecule has 1 amide bonds. The van der Waals surface area contributed by atoms with Crippen molar-refractivity contribution >= 4 is 5.91 Å². The van der Waals surface area contributed by atoms with Gasteiger partial charge in [-0.05, 0) is 25.0 Å². The van der Waals surface area contributed by atoms with Crippen molar-refractivity contribution in [2.45, 2.75) is 25.1 Å². The number of halogens is 3. The number of alkyl halides is 3. The fraction of sp³-hybridized carbons (Fsp3) is 0.462. The van der Waals surface area contributed by atoms with Crippen molar-refractivity contribution < 1.29 is 18.0 Å². The van der Waals surface area contributed by atoms with Gasteiger partial charge in [0.2, 0.25) is 0 Å². The Morgan fingerprint density at radius 1 is 1.37 bits per heavy atom. The summed E-state index contributed by atoms with van der Waals surface area (Å²) in [5.74, 6) is -0.583. The first kappa shape index (κ1) is 13.9. The molecule has 0 radical (unpaired) electrons. The molecule has 1 aliphatic heterocycles. The van der Waals surface area contributed by atoms with Crippen molar-refractivity contribution in [3.63, 3.8) is 0 Å². The van der Waals surface area contributed by atoms with Gasteiger partial charge in [0.05, 0.1) is 11.1 Å². The highest BCUT2D eigenvalue weighted by Crippen LogP contribution is 2.33. The Bertz CT molecular complexity index is 473. The van der Waals surface area contributed by atoms with E-state index in [1.54, 1.807) is 0 Å². The molecule has 1 aromatic carbocycles. The number of hydrogen-bond donors (Lipinski definition) is 1. The van der Waals surface area contributed by atoms with Crippen LogP contribution in [0.3, 0.4) is 0 Å². The number of nitrogens with two attached hydrogens (primary N) is 1. The van der Waals surface area contributed by atoms with E-state index in [-0.39, 0.29) is 18.2 Å². The summed E-state index contributed by atoms with van der Waals surface area (Å²) in [7, 11) is 0. The van der Waals surface area contributed by atoms with Crippen LogP contribution < -0.4 is 5.73 Å². The first-order chi connectivity index (χ1) is 8.95. The van der Waals surface area contributed by atoms with Gasteiger partial charge >= 0.3 is 6.18 Å². The third-order valence-electron chi connectivity index (χ3n) is 3.37. The SMILES string of the molecule is NCC1CCCN1C(=O)c1ccccc1C(F)(F)F. The Labute approximate surface area is 109 Å². The lowest BCUT2D eigenvalue weighted by Gasteiger charge is -2.25. The van der Waals surface area contributed by atoms with E-state index in [1.807, 2.05) is 0 Å². The summed E-state index contributed by atoms with van der Waals surface area (Å²) in [6.45, 7) is 0.743. The lowest BCUT2D eigenvalue weighted by atomic mass is 10.1. The third-order valence-corrected chi connectivity index (χ3v) is 3.37. The number of carbonyl (C=O) groups excluding carboxylic acids is 1. The molecular weight excluding hydrogens is 257 g/mol. The van der Waals surface area contributed by atoms with Crippen molar-refractivity contribution in [2.75, 3.05) is 13.1 Å². The van der Waals surface area contributed by atoms with E-state index in [1.165, 1.54) is 23.1 Å². The van der Waals surface area contributed by atoms with Crippen LogP contribution >= 0.6 is 0 Å². The maximum absolute atomic E-state index is 12.9. The average molecular weight is 272 g/mol. The van der Waals surface area contributed by atoms with Crippen molar-refractivity contribution in [3.05, 3.63) is 35.4 Å². The fourth-order valence-corrected chi connectivity index (χ4v) is 2.42. The van der Waals surface area contributed by atoms with Crippen LogP contribution in [-0.2, 0) is 6.18 Å². The second kappa shape index (κ2) is 5.21. The van der Waals surface area contributed by atoms with Crippen molar-refractivity contribution in [3.8, 4) is 0 Å². The number of carbonyl (C=O) groups is 1. The minimum Gasteiger partial charge on any atom is -0.334 e. The van der Waals surface area contributed by atoms with Crippen molar-refractivity contribution in [2.24, 2.45) is 5.73 Å². The maximum Gasteiger partial charge on any atom is 0.417 e. The predicted molar refractivity (Wildman–Crippen MR) is 64.6 cm³/mol. The van der Waals surface area contributed by atoms with Crippen LogP contribution in [0.1, 0.15) is 28.8 Å². The molecule has 3 nitrogen and oxygen atoms in total. The molecule has 2 N–H and O–H groups in total. The molecular formula is C13H15F3N2O. The number of likely N-dealkylation sites (tertiary alicyclic amines) is 1.